The van der Waals surface area contributed by atoms with E-state index in [1.165, 1.54) is 6.08 Å². The molecule has 2 unspecified atom stereocenters. The van der Waals surface area contributed by atoms with E-state index < -0.39 is 6.10 Å². The molecule has 0 heterocycles. The third-order valence-electron chi connectivity index (χ3n) is 2.19. The van der Waals surface area contributed by atoms with Crippen LogP contribution >= 0.6 is 0 Å². The minimum atomic E-state index is -0.577. The maximum atomic E-state index is 11.5. The first-order valence-electron chi connectivity index (χ1n) is 5.12. The summed E-state index contributed by atoms with van der Waals surface area (Å²) in [5.41, 5.74) is 0.443. The average molecular weight is 215 g/mol. The van der Waals surface area contributed by atoms with E-state index in [4.69, 9.17) is 4.74 Å². The van der Waals surface area contributed by atoms with Gasteiger partial charge in [-0.05, 0) is 40.4 Å². The van der Waals surface area contributed by atoms with Crippen molar-refractivity contribution in [3.05, 3.63) is 11.6 Å². The molecule has 0 radical (unpaired) electrons. The Morgan fingerprint density at radius 2 is 2.07 bits per heavy atom. The van der Waals surface area contributed by atoms with Gasteiger partial charge in [0.25, 0.3) is 0 Å². The lowest BCUT2D eigenvalue weighted by Crippen LogP contribution is -2.30. The van der Waals surface area contributed by atoms with Gasteiger partial charge in [-0.25, -0.2) is 4.79 Å². The minimum absolute atomic E-state index is 0.264. The average Bonchev–Trinajstić information content (AvgIpc) is 2.16. The van der Waals surface area contributed by atoms with Crippen molar-refractivity contribution in [3.8, 4) is 0 Å². The Morgan fingerprint density at radius 3 is 2.47 bits per heavy atom. The topological polar surface area (TPSA) is 49.8 Å². The van der Waals surface area contributed by atoms with Crippen LogP contribution in [-0.2, 0) is 9.53 Å². The maximum absolute atomic E-state index is 11.5. The lowest BCUT2D eigenvalue weighted by atomic mass is 10.2. The highest BCUT2D eigenvalue weighted by molar-refractivity contribution is 5.87. The van der Waals surface area contributed by atoms with Crippen molar-refractivity contribution in [1.82, 2.24) is 4.90 Å². The molecule has 0 aromatic rings. The van der Waals surface area contributed by atoms with Crippen molar-refractivity contribution >= 4 is 5.97 Å². The molecule has 0 saturated heterocycles. The Balaban J connectivity index is 4.27. The minimum Gasteiger partial charge on any atom is -0.443 e. The van der Waals surface area contributed by atoms with Gasteiger partial charge in [-0.2, -0.15) is 0 Å². The van der Waals surface area contributed by atoms with Crippen LogP contribution in [0.25, 0.3) is 0 Å². The number of aliphatic hydroxyl groups excluding tert-OH is 1. The summed E-state index contributed by atoms with van der Waals surface area (Å²) in [6, 6.07) is 0. The zero-order chi connectivity index (χ0) is 12.0. The molecule has 2 atom stereocenters. The van der Waals surface area contributed by atoms with E-state index in [1.54, 1.807) is 18.7 Å². The number of nitrogens with zero attached hydrogens (tertiary/aromatic N) is 1. The molecule has 0 aliphatic heterocycles. The highest BCUT2D eigenvalue weighted by Gasteiger charge is 2.13. The fraction of sp³-hybridized carbons (Fsp3) is 0.727. The van der Waals surface area contributed by atoms with E-state index >= 15 is 0 Å². The Kier molecular flexibility index (Phi) is 6.20. The quantitative estimate of drug-likeness (QED) is 0.424. The van der Waals surface area contributed by atoms with Gasteiger partial charge in [-0.15, -0.1) is 0 Å². The van der Waals surface area contributed by atoms with E-state index in [0.29, 0.717) is 12.0 Å². The van der Waals surface area contributed by atoms with E-state index in [-0.39, 0.29) is 12.2 Å². The first-order chi connectivity index (χ1) is 6.88. The maximum Gasteiger partial charge on any atom is 0.335 e. The predicted octanol–water partition coefficient (Wildman–Crippen LogP) is 1.15. The first-order valence-corrected chi connectivity index (χ1v) is 5.12. The van der Waals surface area contributed by atoms with Crippen molar-refractivity contribution in [2.24, 2.45) is 0 Å². The smallest absolute Gasteiger partial charge is 0.335 e. The van der Waals surface area contributed by atoms with E-state index in [9.17, 15) is 9.90 Å². The summed E-state index contributed by atoms with van der Waals surface area (Å²) >= 11 is 0. The highest BCUT2D eigenvalue weighted by atomic mass is 16.6. The summed E-state index contributed by atoms with van der Waals surface area (Å²) in [6.45, 7) is 5.28. The van der Waals surface area contributed by atoms with Crippen LogP contribution in [0.15, 0.2) is 11.6 Å². The molecule has 4 heteroatoms. The molecule has 0 spiro atoms. The second-order valence-electron chi connectivity index (χ2n) is 3.79. The molecule has 0 aromatic heterocycles. The van der Waals surface area contributed by atoms with Gasteiger partial charge in [-0.1, -0.05) is 6.92 Å². The standard InChI is InChI=1S/C11H21NO3/c1-6-10(13)7-8(2)11(14)15-9(3)12(4)5/h7,9-10,13H,6H2,1-5H3. The summed E-state index contributed by atoms with van der Waals surface area (Å²) < 4.78 is 5.13. The lowest BCUT2D eigenvalue weighted by Gasteiger charge is -2.20. The predicted molar refractivity (Wildman–Crippen MR) is 59.3 cm³/mol. The normalized spacial score (nSPS) is 16.3. The van der Waals surface area contributed by atoms with Crippen molar-refractivity contribution in [3.63, 3.8) is 0 Å². The number of hydrogen-bond acceptors (Lipinski definition) is 4. The molecule has 88 valence electrons. The SMILES string of the molecule is CCC(O)C=C(C)C(=O)OC(C)N(C)C. The molecular formula is C11H21NO3. The van der Waals surface area contributed by atoms with Gasteiger partial charge < -0.3 is 9.84 Å². The number of aliphatic hydroxyl groups is 1. The summed E-state index contributed by atoms with van der Waals surface area (Å²) in [5, 5.41) is 9.33. The van der Waals surface area contributed by atoms with Crippen molar-refractivity contribution in [1.29, 1.82) is 0 Å². The zero-order valence-corrected chi connectivity index (χ0v) is 10.2. The van der Waals surface area contributed by atoms with Crippen LogP contribution in [0, 0.1) is 0 Å². The van der Waals surface area contributed by atoms with Crippen LogP contribution in [0.5, 0.6) is 0 Å². The Hall–Kier alpha value is -0.870. The number of esters is 1. The summed E-state index contributed by atoms with van der Waals surface area (Å²) in [5.74, 6) is -0.385. The van der Waals surface area contributed by atoms with Gasteiger partial charge in [0.05, 0.1) is 6.10 Å². The molecule has 0 saturated carbocycles. The molecule has 0 aliphatic rings. The zero-order valence-electron chi connectivity index (χ0n) is 10.2. The third kappa shape index (κ3) is 5.54. The Labute approximate surface area is 91.5 Å². The van der Waals surface area contributed by atoms with Gasteiger partial charge >= 0.3 is 5.97 Å². The van der Waals surface area contributed by atoms with E-state index in [1.807, 2.05) is 21.0 Å². The van der Waals surface area contributed by atoms with Gasteiger partial charge in [0.2, 0.25) is 0 Å². The molecule has 4 nitrogen and oxygen atoms in total. The van der Waals surface area contributed by atoms with Gasteiger partial charge in [0.15, 0.2) is 6.23 Å². The molecule has 0 aliphatic carbocycles. The molecule has 0 fully saturated rings. The van der Waals surface area contributed by atoms with Crippen LogP contribution in [-0.4, -0.2) is 42.4 Å². The van der Waals surface area contributed by atoms with Crippen LogP contribution in [0.2, 0.25) is 0 Å². The molecule has 0 amide bonds. The van der Waals surface area contributed by atoms with Crippen LogP contribution in [0.1, 0.15) is 27.2 Å². The summed E-state index contributed by atoms with van der Waals surface area (Å²) in [6.07, 6.45) is 1.27. The first kappa shape index (κ1) is 14.1. The largest absolute Gasteiger partial charge is 0.443 e. The van der Waals surface area contributed by atoms with E-state index in [2.05, 4.69) is 0 Å². The summed E-state index contributed by atoms with van der Waals surface area (Å²) in [4.78, 5) is 13.3. The Bertz CT molecular complexity index is 236. The fourth-order valence-electron chi connectivity index (χ4n) is 0.828. The molecular weight excluding hydrogens is 194 g/mol. The lowest BCUT2D eigenvalue weighted by molar-refractivity contribution is -0.150. The number of hydrogen-bond donors (Lipinski definition) is 1. The third-order valence-corrected chi connectivity index (χ3v) is 2.19. The molecule has 0 aromatic carbocycles. The van der Waals surface area contributed by atoms with Gasteiger partial charge in [0, 0.05) is 5.57 Å². The van der Waals surface area contributed by atoms with Gasteiger partial charge in [-0.3, -0.25) is 4.90 Å². The molecule has 1 N–H and O–H groups in total. The second-order valence-corrected chi connectivity index (χ2v) is 3.79. The van der Waals surface area contributed by atoms with Gasteiger partial charge in [0.1, 0.15) is 0 Å². The number of rotatable bonds is 5. The number of ether oxygens (including phenoxy) is 1. The molecule has 0 rings (SSSR count). The van der Waals surface area contributed by atoms with Crippen molar-refractivity contribution in [2.45, 2.75) is 39.5 Å². The number of carbonyl (C=O) groups excluding carboxylic acids is 1. The van der Waals surface area contributed by atoms with Crippen LogP contribution in [0.3, 0.4) is 0 Å². The van der Waals surface area contributed by atoms with Crippen LogP contribution < -0.4 is 0 Å². The second kappa shape index (κ2) is 6.58. The van der Waals surface area contributed by atoms with Crippen LogP contribution in [0.4, 0.5) is 0 Å². The monoisotopic (exact) mass is 215 g/mol. The summed E-state index contributed by atoms with van der Waals surface area (Å²) in [7, 11) is 3.66. The Morgan fingerprint density at radius 1 is 1.53 bits per heavy atom. The van der Waals surface area contributed by atoms with E-state index in [0.717, 1.165) is 0 Å². The van der Waals surface area contributed by atoms with Crippen molar-refractivity contribution < 1.29 is 14.6 Å². The highest BCUT2D eigenvalue weighted by Crippen LogP contribution is 2.05. The molecule has 15 heavy (non-hydrogen) atoms. The van der Waals surface area contributed by atoms with Crippen molar-refractivity contribution in [2.75, 3.05) is 14.1 Å². The molecule has 0 bridgehead atoms. The fourth-order valence-corrected chi connectivity index (χ4v) is 0.828. The number of carbonyl (C=O) groups is 1.